The van der Waals surface area contributed by atoms with E-state index >= 15 is 0 Å². The number of nitrogens with one attached hydrogen (secondary N) is 1. The van der Waals surface area contributed by atoms with E-state index in [0.717, 1.165) is 11.3 Å². The fourth-order valence-corrected chi connectivity index (χ4v) is 4.92. The lowest BCUT2D eigenvalue weighted by Crippen LogP contribution is -2.12. The Labute approximate surface area is 132 Å². The molecule has 0 aliphatic carbocycles. The van der Waals surface area contributed by atoms with Crippen molar-refractivity contribution in [3.63, 3.8) is 0 Å². The van der Waals surface area contributed by atoms with Gasteiger partial charge < -0.3 is 5.73 Å². The molecule has 0 saturated carbocycles. The van der Waals surface area contributed by atoms with Crippen molar-refractivity contribution < 1.29 is 8.42 Å². The fraction of sp³-hybridized carbons (Fsp3) is 0. The Morgan fingerprint density at radius 2 is 1.95 bits per heavy atom. The minimum atomic E-state index is -3.74. The van der Waals surface area contributed by atoms with Crippen LogP contribution < -0.4 is 10.5 Å². The van der Waals surface area contributed by atoms with Crippen molar-refractivity contribution in [3.05, 3.63) is 38.1 Å². The fourth-order valence-electron chi connectivity index (χ4n) is 1.27. The summed E-state index contributed by atoms with van der Waals surface area (Å²) >= 11 is 15.8. The van der Waals surface area contributed by atoms with Crippen molar-refractivity contribution in [3.8, 4) is 0 Å². The highest BCUT2D eigenvalue weighted by molar-refractivity contribution is 9.11. The molecule has 0 fully saturated rings. The van der Waals surface area contributed by atoms with Gasteiger partial charge in [-0.3, -0.25) is 4.72 Å². The quantitative estimate of drug-likeness (QED) is 0.757. The number of hydrogen-bond acceptors (Lipinski definition) is 4. The molecule has 3 N–H and O–H groups in total. The molecule has 1 aromatic carbocycles. The van der Waals surface area contributed by atoms with Gasteiger partial charge in [-0.15, -0.1) is 11.3 Å². The van der Waals surface area contributed by atoms with Crippen molar-refractivity contribution in [2.45, 2.75) is 4.21 Å². The highest BCUT2D eigenvalue weighted by atomic mass is 79.9. The zero-order chi connectivity index (χ0) is 14.2. The standard InChI is InChI=1S/C10H7BrCl2N2O2S2/c11-10-6(13)4-9(18-10)19(16,17)15-8-3-5(12)1-2-7(8)14/h1-4,15H,14H2. The number of thiophene rings is 1. The van der Waals surface area contributed by atoms with E-state index in [1.807, 2.05) is 0 Å². The summed E-state index contributed by atoms with van der Waals surface area (Å²) in [6, 6.07) is 5.91. The predicted molar refractivity (Wildman–Crippen MR) is 83.7 cm³/mol. The maximum atomic E-state index is 12.2. The molecule has 4 nitrogen and oxygen atoms in total. The van der Waals surface area contributed by atoms with Crippen LogP contribution in [0.5, 0.6) is 0 Å². The van der Waals surface area contributed by atoms with Gasteiger partial charge in [0.2, 0.25) is 0 Å². The van der Waals surface area contributed by atoms with Gasteiger partial charge >= 0.3 is 0 Å². The van der Waals surface area contributed by atoms with Crippen molar-refractivity contribution in [1.82, 2.24) is 0 Å². The average molecular weight is 402 g/mol. The first-order valence-electron chi connectivity index (χ1n) is 4.82. The second kappa shape index (κ2) is 5.49. The molecule has 2 aromatic rings. The molecular weight excluding hydrogens is 395 g/mol. The largest absolute Gasteiger partial charge is 0.397 e. The lowest BCUT2D eigenvalue weighted by molar-refractivity contribution is 0.603. The van der Waals surface area contributed by atoms with Gasteiger partial charge in [0.25, 0.3) is 10.0 Å². The molecule has 0 spiro atoms. The molecule has 0 saturated heterocycles. The molecule has 0 radical (unpaired) electrons. The van der Waals surface area contributed by atoms with Crippen LogP contribution in [0.3, 0.4) is 0 Å². The maximum absolute atomic E-state index is 12.2. The van der Waals surface area contributed by atoms with E-state index < -0.39 is 10.0 Å². The van der Waals surface area contributed by atoms with Gasteiger partial charge in [0.15, 0.2) is 0 Å². The average Bonchev–Trinajstić information content (AvgIpc) is 2.65. The normalized spacial score (nSPS) is 11.5. The molecule has 0 aliphatic rings. The van der Waals surface area contributed by atoms with E-state index in [-0.39, 0.29) is 15.6 Å². The number of benzene rings is 1. The van der Waals surface area contributed by atoms with E-state index in [0.29, 0.717) is 13.8 Å². The van der Waals surface area contributed by atoms with Crippen LogP contribution in [-0.2, 0) is 10.0 Å². The Morgan fingerprint density at radius 1 is 1.26 bits per heavy atom. The van der Waals surface area contributed by atoms with E-state index in [1.165, 1.54) is 18.2 Å². The number of sulfonamides is 1. The SMILES string of the molecule is Nc1ccc(Cl)cc1NS(=O)(=O)c1cc(Cl)c(Br)s1. The minimum Gasteiger partial charge on any atom is -0.397 e. The van der Waals surface area contributed by atoms with Crippen LogP contribution in [0.15, 0.2) is 32.3 Å². The zero-order valence-corrected chi connectivity index (χ0v) is 13.9. The molecule has 1 aromatic heterocycles. The van der Waals surface area contributed by atoms with E-state index in [2.05, 4.69) is 20.7 Å². The molecule has 19 heavy (non-hydrogen) atoms. The molecule has 2 rings (SSSR count). The molecule has 0 amide bonds. The minimum absolute atomic E-state index is 0.0868. The molecule has 9 heteroatoms. The summed E-state index contributed by atoms with van der Waals surface area (Å²) in [5, 5.41) is 0.724. The van der Waals surface area contributed by atoms with Crippen molar-refractivity contribution in [2.75, 3.05) is 10.5 Å². The van der Waals surface area contributed by atoms with Gasteiger partial charge in [-0.25, -0.2) is 8.42 Å². The Morgan fingerprint density at radius 3 is 2.53 bits per heavy atom. The van der Waals surface area contributed by atoms with Gasteiger partial charge in [-0.05, 0) is 40.2 Å². The summed E-state index contributed by atoms with van der Waals surface area (Å²) in [5.41, 5.74) is 6.21. The third-order valence-electron chi connectivity index (χ3n) is 2.15. The van der Waals surface area contributed by atoms with Crippen LogP contribution in [-0.4, -0.2) is 8.42 Å². The van der Waals surface area contributed by atoms with E-state index in [9.17, 15) is 8.42 Å². The molecule has 1 heterocycles. The second-order valence-corrected chi connectivity index (χ2v) is 8.65. The van der Waals surface area contributed by atoms with Gasteiger partial charge in [0, 0.05) is 5.02 Å². The highest BCUT2D eigenvalue weighted by Gasteiger charge is 2.20. The van der Waals surface area contributed by atoms with Gasteiger partial charge in [-0.2, -0.15) is 0 Å². The maximum Gasteiger partial charge on any atom is 0.271 e. The molecular formula is C10H7BrCl2N2O2S2. The van der Waals surface area contributed by atoms with Gasteiger partial charge in [0.05, 0.1) is 20.2 Å². The van der Waals surface area contributed by atoms with Crippen LogP contribution in [0.25, 0.3) is 0 Å². The first-order chi connectivity index (χ1) is 8.79. The topological polar surface area (TPSA) is 72.2 Å². The van der Waals surface area contributed by atoms with Crippen LogP contribution in [0.2, 0.25) is 10.0 Å². The third-order valence-corrected chi connectivity index (χ3v) is 6.70. The number of rotatable bonds is 3. The number of halogens is 3. The highest BCUT2D eigenvalue weighted by Crippen LogP contribution is 2.36. The third kappa shape index (κ3) is 3.35. The van der Waals surface area contributed by atoms with Crippen molar-refractivity contribution in [2.24, 2.45) is 0 Å². The Hall–Kier alpha value is -0.470. The Kier molecular flexibility index (Phi) is 4.32. The molecule has 0 atom stereocenters. The van der Waals surface area contributed by atoms with Gasteiger partial charge in [-0.1, -0.05) is 23.2 Å². The van der Waals surface area contributed by atoms with Crippen molar-refractivity contribution in [1.29, 1.82) is 0 Å². The molecule has 0 unspecified atom stereocenters. The van der Waals surface area contributed by atoms with Crippen LogP contribution in [0.1, 0.15) is 0 Å². The monoisotopic (exact) mass is 400 g/mol. The summed E-state index contributed by atoms with van der Waals surface area (Å²) in [6.45, 7) is 0. The zero-order valence-electron chi connectivity index (χ0n) is 9.15. The number of nitrogens with two attached hydrogens (primary N) is 1. The van der Waals surface area contributed by atoms with Crippen LogP contribution in [0, 0.1) is 0 Å². The predicted octanol–water partition coefficient (Wildman–Crippen LogP) is 4.20. The van der Waals surface area contributed by atoms with Crippen molar-refractivity contribution >= 4 is 71.9 Å². The van der Waals surface area contributed by atoms with Crippen LogP contribution in [0.4, 0.5) is 11.4 Å². The smallest absolute Gasteiger partial charge is 0.271 e. The second-order valence-electron chi connectivity index (χ2n) is 3.52. The van der Waals surface area contributed by atoms with Crippen LogP contribution >= 0.6 is 50.5 Å². The molecule has 102 valence electrons. The number of nitrogen functional groups attached to an aromatic ring is 1. The molecule has 0 bridgehead atoms. The summed E-state index contributed by atoms with van der Waals surface area (Å²) in [7, 11) is -3.74. The van der Waals surface area contributed by atoms with Gasteiger partial charge in [0.1, 0.15) is 4.21 Å². The summed E-state index contributed by atoms with van der Waals surface area (Å²) in [5.74, 6) is 0. The molecule has 0 aliphatic heterocycles. The van der Waals surface area contributed by atoms with E-state index in [1.54, 1.807) is 6.07 Å². The number of anilines is 2. The Balaban J connectivity index is 2.39. The Bertz CT molecular complexity index is 712. The first kappa shape index (κ1) is 14.9. The summed E-state index contributed by atoms with van der Waals surface area (Å²) in [6.07, 6.45) is 0. The summed E-state index contributed by atoms with van der Waals surface area (Å²) in [4.78, 5) is 0. The number of hydrogen-bond donors (Lipinski definition) is 2. The first-order valence-corrected chi connectivity index (χ1v) is 8.67. The lowest BCUT2D eigenvalue weighted by atomic mass is 10.3. The summed E-state index contributed by atoms with van der Waals surface area (Å²) < 4.78 is 27.3. The lowest BCUT2D eigenvalue weighted by Gasteiger charge is -2.09. The van der Waals surface area contributed by atoms with E-state index in [4.69, 9.17) is 28.9 Å².